The van der Waals surface area contributed by atoms with E-state index < -0.39 is 0 Å². The number of benzene rings is 1. The summed E-state index contributed by atoms with van der Waals surface area (Å²) in [4.78, 5) is 24.6. The minimum absolute atomic E-state index is 0.0132. The number of anilines is 1. The lowest BCUT2D eigenvalue weighted by Gasteiger charge is -2.27. The van der Waals surface area contributed by atoms with E-state index in [9.17, 15) is 9.59 Å². The third-order valence-electron chi connectivity index (χ3n) is 4.59. The second-order valence-corrected chi connectivity index (χ2v) is 7.13. The highest BCUT2D eigenvalue weighted by molar-refractivity contribution is 5.92. The molecule has 0 radical (unpaired) electrons. The van der Waals surface area contributed by atoms with E-state index in [2.05, 4.69) is 24.5 Å². The van der Waals surface area contributed by atoms with E-state index >= 15 is 0 Å². The normalized spacial score (nSPS) is 20.2. The van der Waals surface area contributed by atoms with E-state index in [4.69, 9.17) is 4.74 Å². The van der Waals surface area contributed by atoms with Crippen molar-refractivity contribution in [2.75, 3.05) is 18.5 Å². The predicted octanol–water partition coefficient (Wildman–Crippen LogP) is 3.60. The second-order valence-electron chi connectivity index (χ2n) is 7.13. The van der Waals surface area contributed by atoms with Crippen LogP contribution in [0.25, 0.3) is 0 Å². The molecule has 5 heteroatoms. The van der Waals surface area contributed by atoms with E-state index in [1.165, 1.54) is 0 Å². The van der Waals surface area contributed by atoms with Crippen molar-refractivity contribution in [2.45, 2.75) is 46.5 Å². The molecule has 0 heterocycles. The maximum atomic E-state index is 12.4. The SMILES string of the molecule is CCOc1ccc(NC(=O)C2CCC(C(=O)NCC(C)C)CC2)cc1. The number of carbonyl (C=O) groups is 2. The Labute approximate surface area is 150 Å². The summed E-state index contributed by atoms with van der Waals surface area (Å²) in [5.74, 6) is 1.48. The molecule has 0 aromatic heterocycles. The van der Waals surface area contributed by atoms with Gasteiger partial charge in [0.15, 0.2) is 0 Å². The van der Waals surface area contributed by atoms with Crippen molar-refractivity contribution in [1.29, 1.82) is 0 Å². The van der Waals surface area contributed by atoms with Crippen LogP contribution >= 0.6 is 0 Å². The molecular weight excluding hydrogens is 316 g/mol. The van der Waals surface area contributed by atoms with Gasteiger partial charge in [-0.05, 0) is 62.8 Å². The zero-order valence-electron chi connectivity index (χ0n) is 15.5. The van der Waals surface area contributed by atoms with Crippen LogP contribution in [-0.4, -0.2) is 25.0 Å². The van der Waals surface area contributed by atoms with Crippen molar-refractivity contribution < 1.29 is 14.3 Å². The van der Waals surface area contributed by atoms with Gasteiger partial charge in [-0.1, -0.05) is 13.8 Å². The van der Waals surface area contributed by atoms with Crippen LogP contribution in [-0.2, 0) is 9.59 Å². The average Bonchev–Trinajstić information content (AvgIpc) is 2.61. The number of ether oxygens (including phenoxy) is 1. The highest BCUT2D eigenvalue weighted by Gasteiger charge is 2.29. The summed E-state index contributed by atoms with van der Waals surface area (Å²) in [5, 5.41) is 5.97. The Kier molecular flexibility index (Phi) is 7.29. The summed E-state index contributed by atoms with van der Waals surface area (Å²) >= 11 is 0. The van der Waals surface area contributed by atoms with Crippen LogP contribution in [0, 0.1) is 17.8 Å². The molecule has 0 saturated heterocycles. The maximum Gasteiger partial charge on any atom is 0.227 e. The minimum atomic E-state index is -0.0132. The molecule has 5 nitrogen and oxygen atoms in total. The van der Waals surface area contributed by atoms with Gasteiger partial charge >= 0.3 is 0 Å². The number of amides is 2. The second kappa shape index (κ2) is 9.44. The van der Waals surface area contributed by atoms with Gasteiger partial charge in [-0.15, -0.1) is 0 Å². The molecule has 0 atom stereocenters. The van der Waals surface area contributed by atoms with Crippen molar-refractivity contribution in [3.63, 3.8) is 0 Å². The summed E-state index contributed by atoms with van der Waals surface area (Å²) in [5.41, 5.74) is 0.783. The molecule has 0 unspecified atom stereocenters. The Morgan fingerprint density at radius 1 is 1.04 bits per heavy atom. The van der Waals surface area contributed by atoms with Crippen LogP contribution < -0.4 is 15.4 Å². The first-order valence-corrected chi connectivity index (χ1v) is 9.31. The maximum absolute atomic E-state index is 12.4. The van der Waals surface area contributed by atoms with Crippen molar-refractivity contribution >= 4 is 17.5 Å². The standard InChI is InChI=1S/C20H30N2O3/c1-4-25-18-11-9-17(10-12-18)22-20(24)16-7-5-15(6-8-16)19(23)21-13-14(2)3/h9-12,14-16H,4-8,13H2,1-3H3,(H,21,23)(H,22,24). The lowest BCUT2D eigenvalue weighted by Crippen LogP contribution is -2.36. The van der Waals surface area contributed by atoms with Gasteiger partial charge in [-0.3, -0.25) is 9.59 Å². The molecule has 1 aromatic rings. The molecule has 1 fully saturated rings. The van der Waals surface area contributed by atoms with Crippen molar-refractivity contribution in [3.05, 3.63) is 24.3 Å². The van der Waals surface area contributed by atoms with Crippen molar-refractivity contribution in [3.8, 4) is 5.75 Å². The molecule has 0 spiro atoms. The number of hydrogen-bond donors (Lipinski definition) is 2. The number of hydrogen-bond acceptors (Lipinski definition) is 3. The van der Waals surface area contributed by atoms with E-state index in [1.54, 1.807) is 0 Å². The highest BCUT2D eigenvalue weighted by atomic mass is 16.5. The number of carbonyl (C=O) groups excluding carboxylic acids is 2. The average molecular weight is 346 g/mol. The van der Waals surface area contributed by atoms with Crippen LogP contribution in [0.3, 0.4) is 0 Å². The molecule has 2 N–H and O–H groups in total. The Hall–Kier alpha value is -2.04. The zero-order valence-corrected chi connectivity index (χ0v) is 15.5. The van der Waals surface area contributed by atoms with E-state index in [-0.39, 0.29) is 23.7 Å². The Morgan fingerprint density at radius 3 is 2.12 bits per heavy atom. The van der Waals surface area contributed by atoms with Crippen molar-refractivity contribution in [2.24, 2.45) is 17.8 Å². The van der Waals surface area contributed by atoms with E-state index in [0.717, 1.165) is 43.7 Å². The third kappa shape index (κ3) is 6.07. The first-order chi connectivity index (χ1) is 12.0. The fraction of sp³-hybridized carbons (Fsp3) is 0.600. The smallest absolute Gasteiger partial charge is 0.227 e. The molecule has 1 saturated carbocycles. The minimum Gasteiger partial charge on any atom is -0.494 e. The lowest BCUT2D eigenvalue weighted by molar-refractivity contribution is -0.128. The molecule has 2 rings (SSSR count). The third-order valence-corrected chi connectivity index (χ3v) is 4.59. The van der Waals surface area contributed by atoms with Gasteiger partial charge in [0.2, 0.25) is 11.8 Å². The molecule has 0 aliphatic heterocycles. The molecule has 1 aliphatic rings. The van der Waals surface area contributed by atoms with Gasteiger partial charge in [0.25, 0.3) is 0 Å². The van der Waals surface area contributed by atoms with Crippen LogP contribution in [0.5, 0.6) is 5.75 Å². The van der Waals surface area contributed by atoms with Crippen LogP contribution in [0.2, 0.25) is 0 Å². The first-order valence-electron chi connectivity index (χ1n) is 9.31. The molecule has 1 aliphatic carbocycles. The summed E-state index contributed by atoms with van der Waals surface area (Å²) in [7, 11) is 0. The van der Waals surface area contributed by atoms with E-state index in [1.807, 2.05) is 31.2 Å². The lowest BCUT2D eigenvalue weighted by atomic mass is 9.81. The van der Waals surface area contributed by atoms with E-state index in [0.29, 0.717) is 12.5 Å². The summed E-state index contributed by atoms with van der Waals surface area (Å²) in [6.07, 6.45) is 3.10. The number of nitrogens with one attached hydrogen (secondary N) is 2. The zero-order chi connectivity index (χ0) is 18.2. The van der Waals surface area contributed by atoms with Gasteiger partial charge in [-0.2, -0.15) is 0 Å². The van der Waals surface area contributed by atoms with Gasteiger partial charge in [0.1, 0.15) is 5.75 Å². The predicted molar refractivity (Wildman–Crippen MR) is 99.5 cm³/mol. The number of rotatable bonds is 7. The summed E-state index contributed by atoms with van der Waals surface area (Å²) < 4.78 is 5.40. The Morgan fingerprint density at radius 2 is 1.60 bits per heavy atom. The fourth-order valence-electron chi connectivity index (χ4n) is 3.11. The molecule has 1 aromatic carbocycles. The topological polar surface area (TPSA) is 67.4 Å². The molecular formula is C20H30N2O3. The summed E-state index contributed by atoms with van der Waals surface area (Å²) in [6, 6.07) is 7.42. The van der Waals surface area contributed by atoms with Gasteiger partial charge in [-0.25, -0.2) is 0 Å². The van der Waals surface area contributed by atoms with Crippen LogP contribution in [0.15, 0.2) is 24.3 Å². The Balaban J connectivity index is 1.78. The fourth-order valence-corrected chi connectivity index (χ4v) is 3.11. The molecule has 25 heavy (non-hydrogen) atoms. The first kappa shape index (κ1) is 19.3. The largest absolute Gasteiger partial charge is 0.494 e. The Bertz CT molecular complexity index is 561. The van der Waals surface area contributed by atoms with Crippen LogP contribution in [0.1, 0.15) is 46.5 Å². The molecule has 0 bridgehead atoms. The quantitative estimate of drug-likeness (QED) is 0.792. The van der Waals surface area contributed by atoms with Gasteiger partial charge in [0.05, 0.1) is 6.61 Å². The monoisotopic (exact) mass is 346 g/mol. The van der Waals surface area contributed by atoms with Crippen molar-refractivity contribution in [1.82, 2.24) is 5.32 Å². The van der Waals surface area contributed by atoms with Crippen LogP contribution in [0.4, 0.5) is 5.69 Å². The highest BCUT2D eigenvalue weighted by Crippen LogP contribution is 2.30. The molecule has 2 amide bonds. The summed E-state index contributed by atoms with van der Waals surface area (Å²) in [6.45, 7) is 7.46. The van der Waals surface area contributed by atoms with Gasteiger partial charge in [0, 0.05) is 24.1 Å². The molecule has 138 valence electrons. The van der Waals surface area contributed by atoms with Gasteiger partial charge < -0.3 is 15.4 Å².